The Bertz CT molecular complexity index is 916. The van der Waals surface area contributed by atoms with Gasteiger partial charge in [0.1, 0.15) is 0 Å². The molecule has 0 saturated heterocycles. The number of hydrogen-bond acceptors (Lipinski definition) is 3. The quantitative estimate of drug-likeness (QED) is 0.333. The minimum atomic E-state index is -0.416. The minimum absolute atomic E-state index is 0.388. The number of hydrogen-bond donors (Lipinski definition) is 0. The van der Waals surface area contributed by atoms with Gasteiger partial charge in [0.2, 0.25) is 0 Å². The second-order valence-corrected chi connectivity index (χ2v) is 8.94. The first-order valence-electron chi connectivity index (χ1n) is 9.88. The molecule has 1 aliphatic carbocycles. The maximum atomic E-state index is 4.91. The maximum Gasteiger partial charge on any atom is 0.153 e. The lowest BCUT2D eigenvalue weighted by Crippen LogP contribution is -2.16. The summed E-state index contributed by atoms with van der Waals surface area (Å²) in [7, 11) is 0. The number of azo groups is 1. The van der Waals surface area contributed by atoms with Gasteiger partial charge in [-0.25, -0.2) is 0 Å². The summed E-state index contributed by atoms with van der Waals surface area (Å²) in [4.78, 5) is 0.809. The van der Waals surface area contributed by atoms with Gasteiger partial charge in [-0.1, -0.05) is 91.7 Å². The number of benzene rings is 3. The first-order valence-corrected chi connectivity index (χ1v) is 10.7. The van der Waals surface area contributed by atoms with Crippen LogP contribution in [-0.2, 0) is 4.87 Å². The summed E-state index contributed by atoms with van der Waals surface area (Å²) in [6.45, 7) is 2.19. The molecule has 1 aliphatic rings. The van der Waals surface area contributed by atoms with E-state index in [2.05, 4.69) is 79.7 Å². The Morgan fingerprint density at radius 3 is 2.30 bits per heavy atom. The van der Waals surface area contributed by atoms with Gasteiger partial charge in [-0.15, -0.1) is 0 Å². The van der Waals surface area contributed by atoms with E-state index in [0.717, 1.165) is 0 Å². The van der Waals surface area contributed by atoms with Crippen LogP contribution in [0.4, 0.5) is 0 Å². The predicted molar refractivity (Wildman–Crippen MR) is 115 cm³/mol. The Kier molecular flexibility index (Phi) is 5.58. The van der Waals surface area contributed by atoms with E-state index in [1.54, 1.807) is 11.8 Å². The van der Waals surface area contributed by atoms with E-state index in [-0.39, 0.29) is 0 Å². The zero-order valence-electron chi connectivity index (χ0n) is 15.8. The molecule has 27 heavy (non-hydrogen) atoms. The van der Waals surface area contributed by atoms with E-state index < -0.39 is 4.87 Å². The second-order valence-electron chi connectivity index (χ2n) is 7.47. The summed E-state index contributed by atoms with van der Waals surface area (Å²) in [6, 6.07) is 26.1. The van der Waals surface area contributed by atoms with Crippen molar-refractivity contribution in [3.8, 4) is 0 Å². The number of rotatable bonds is 5. The lowest BCUT2D eigenvalue weighted by molar-refractivity contribution is 0.420. The fourth-order valence-electron chi connectivity index (χ4n) is 3.73. The highest BCUT2D eigenvalue weighted by atomic mass is 32.2. The van der Waals surface area contributed by atoms with Crippen molar-refractivity contribution in [2.24, 2.45) is 10.2 Å². The molecular weight excluding hydrogens is 348 g/mol. The number of nitrogens with zero attached hydrogens (tertiary/aromatic N) is 2. The highest BCUT2D eigenvalue weighted by molar-refractivity contribution is 8.00. The van der Waals surface area contributed by atoms with Gasteiger partial charge in [-0.05, 0) is 48.2 Å². The lowest BCUT2D eigenvalue weighted by Gasteiger charge is -2.26. The van der Waals surface area contributed by atoms with E-state index in [9.17, 15) is 0 Å². The molecule has 0 bridgehead atoms. The van der Waals surface area contributed by atoms with Crippen molar-refractivity contribution in [2.45, 2.75) is 54.8 Å². The lowest BCUT2D eigenvalue weighted by atomic mass is 9.96. The zero-order chi connectivity index (χ0) is 18.5. The molecule has 3 heteroatoms. The molecule has 3 aromatic rings. The summed E-state index contributed by atoms with van der Waals surface area (Å²) in [5.74, 6) is 0. The van der Waals surface area contributed by atoms with Crippen LogP contribution < -0.4 is 0 Å². The Morgan fingerprint density at radius 1 is 0.815 bits per heavy atom. The van der Waals surface area contributed by atoms with Gasteiger partial charge in [0.15, 0.2) is 4.87 Å². The van der Waals surface area contributed by atoms with E-state index in [4.69, 9.17) is 10.2 Å². The van der Waals surface area contributed by atoms with Crippen LogP contribution in [0.5, 0.6) is 0 Å². The molecule has 3 aromatic carbocycles. The maximum absolute atomic E-state index is 4.91. The van der Waals surface area contributed by atoms with Crippen molar-refractivity contribution < 1.29 is 0 Å². The van der Waals surface area contributed by atoms with Gasteiger partial charge >= 0.3 is 0 Å². The first kappa shape index (κ1) is 18.2. The SMILES string of the molecule is CC(/N=N/C1CCCCC1)(Sc1ccc2ccccc2c1)c1ccccc1. The van der Waals surface area contributed by atoms with Crippen molar-refractivity contribution in [2.75, 3.05) is 0 Å². The molecule has 0 amide bonds. The first-order chi connectivity index (χ1) is 13.2. The van der Waals surface area contributed by atoms with Crippen LogP contribution >= 0.6 is 11.8 Å². The smallest absolute Gasteiger partial charge is 0.153 e. The molecule has 0 N–H and O–H groups in total. The summed E-state index contributed by atoms with van der Waals surface area (Å²) in [5, 5.41) is 12.2. The molecule has 0 spiro atoms. The molecule has 1 atom stereocenters. The summed E-state index contributed by atoms with van der Waals surface area (Å²) < 4.78 is 0. The fraction of sp³-hybridized carbons (Fsp3) is 0.333. The molecule has 1 fully saturated rings. The van der Waals surface area contributed by atoms with Crippen molar-refractivity contribution >= 4 is 22.5 Å². The Morgan fingerprint density at radius 2 is 1.52 bits per heavy atom. The van der Waals surface area contributed by atoms with E-state index in [1.807, 2.05) is 0 Å². The van der Waals surface area contributed by atoms with E-state index in [1.165, 1.54) is 53.3 Å². The molecule has 0 radical (unpaired) electrons. The highest BCUT2D eigenvalue weighted by Crippen LogP contribution is 2.43. The molecule has 1 saturated carbocycles. The number of fused-ring (bicyclic) bond motifs is 1. The van der Waals surface area contributed by atoms with Crippen molar-refractivity contribution in [3.05, 3.63) is 78.4 Å². The highest BCUT2D eigenvalue weighted by Gasteiger charge is 2.28. The Hall–Kier alpha value is -2.13. The predicted octanol–water partition coefficient (Wildman–Crippen LogP) is 7.59. The van der Waals surface area contributed by atoms with Crippen LogP contribution in [0.1, 0.15) is 44.6 Å². The summed E-state index contributed by atoms with van der Waals surface area (Å²) in [6.07, 6.45) is 6.25. The van der Waals surface area contributed by atoms with E-state index >= 15 is 0 Å². The third-order valence-electron chi connectivity index (χ3n) is 5.33. The molecular formula is C24H26N2S. The summed E-state index contributed by atoms with van der Waals surface area (Å²) in [5.41, 5.74) is 1.20. The average molecular weight is 375 g/mol. The van der Waals surface area contributed by atoms with Gasteiger partial charge < -0.3 is 0 Å². The van der Waals surface area contributed by atoms with Crippen LogP contribution in [0.3, 0.4) is 0 Å². The van der Waals surface area contributed by atoms with Crippen LogP contribution in [0, 0.1) is 0 Å². The Labute approximate surface area is 166 Å². The van der Waals surface area contributed by atoms with Crippen LogP contribution in [0.2, 0.25) is 0 Å². The second kappa shape index (κ2) is 8.26. The largest absolute Gasteiger partial charge is 0.189 e. The topological polar surface area (TPSA) is 24.7 Å². The van der Waals surface area contributed by atoms with Crippen molar-refractivity contribution in [1.29, 1.82) is 0 Å². The molecule has 0 aromatic heterocycles. The van der Waals surface area contributed by atoms with E-state index in [0.29, 0.717) is 6.04 Å². The molecule has 0 aliphatic heterocycles. The van der Waals surface area contributed by atoms with Crippen molar-refractivity contribution in [1.82, 2.24) is 0 Å². The van der Waals surface area contributed by atoms with Crippen LogP contribution in [0.25, 0.3) is 10.8 Å². The van der Waals surface area contributed by atoms with Gasteiger partial charge in [0, 0.05) is 4.90 Å². The van der Waals surface area contributed by atoms with Crippen LogP contribution in [-0.4, -0.2) is 6.04 Å². The average Bonchev–Trinajstić information content (AvgIpc) is 2.74. The standard InChI is InChI=1S/C24H26N2S/c1-24(21-12-4-2-5-13-21,26-25-22-14-6-3-7-15-22)27-23-17-16-19-10-8-9-11-20(19)18-23/h2,4-5,8-13,16-18,22H,3,6-7,14-15H2,1H3/b26-25+. The van der Waals surface area contributed by atoms with Gasteiger partial charge in [-0.2, -0.15) is 10.2 Å². The minimum Gasteiger partial charge on any atom is -0.189 e. The molecule has 1 unspecified atom stereocenters. The molecule has 0 heterocycles. The normalized spacial score (nSPS) is 18.0. The molecule has 2 nitrogen and oxygen atoms in total. The molecule has 4 rings (SSSR count). The van der Waals surface area contributed by atoms with Crippen molar-refractivity contribution in [3.63, 3.8) is 0 Å². The summed E-state index contributed by atoms with van der Waals surface area (Å²) >= 11 is 1.79. The monoisotopic (exact) mass is 374 g/mol. The molecule has 138 valence electrons. The van der Waals surface area contributed by atoms with Gasteiger partial charge in [-0.3, -0.25) is 0 Å². The third-order valence-corrected chi connectivity index (χ3v) is 6.54. The van der Waals surface area contributed by atoms with Gasteiger partial charge in [0.05, 0.1) is 6.04 Å². The Balaban J connectivity index is 1.65. The zero-order valence-corrected chi connectivity index (χ0v) is 16.7. The third kappa shape index (κ3) is 4.41. The fourth-order valence-corrected chi connectivity index (χ4v) is 4.86. The number of thioether (sulfide) groups is 1. The van der Waals surface area contributed by atoms with Crippen LogP contribution in [0.15, 0.2) is 87.9 Å². The van der Waals surface area contributed by atoms with Gasteiger partial charge in [0.25, 0.3) is 0 Å².